The van der Waals surface area contributed by atoms with Crippen LogP contribution in [0.2, 0.25) is 0 Å². The van der Waals surface area contributed by atoms with Crippen molar-refractivity contribution >= 4 is 27.5 Å². The molecule has 0 aromatic heterocycles. The van der Waals surface area contributed by atoms with Gasteiger partial charge in [0.25, 0.3) is 5.91 Å². The molecule has 2 aromatic rings. The average molecular weight is 401 g/mol. The normalized spacial score (nSPS) is 17.6. The number of benzene rings is 2. The van der Waals surface area contributed by atoms with E-state index in [1.165, 1.54) is 0 Å². The summed E-state index contributed by atoms with van der Waals surface area (Å²) in [5.41, 5.74) is 2.05. The van der Waals surface area contributed by atoms with Crippen LogP contribution in [-0.2, 0) is 16.3 Å². The quantitative estimate of drug-likeness (QED) is 0.688. The van der Waals surface area contributed by atoms with Crippen LogP contribution in [0.4, 0.5) is 10.5 Å². The number of hydrogen-bond acceptors (Lipinski definition) is 4. The third-order valence-electron chi connectivity index (χ3n) is 4.49. The van der Waals surface area contributed by atoms with Gasteiger partial charge in [0.1, 0.15) is 0 Å². The van der Waals surface area contributed by atoms with Crippen LogP contribution in [0.25, 0.3) is 0 Å². The Hall–Kier alpha value is -2.87. The summed E-state index contributed by atoms with van der Waals surface area (Å²) >= 11 is 0. The molecule has 28 heavy (non-hydrogen) atoms. The van der Waals surface area contributed by atoms with Gasteiger partial charge in [-0.05, 0) is 36.6 Å². The maximum absolute atomic E-state index is 12.3. The zero-order chi connectivity index (χ0) is 20.0. The van der Waals surface area contributed by atoms with E-state index >= 15 is 0 Å². The molecule has 1 atom stereocenters. The van der Waals surface area contributed by atoms with Crippen molar-refractivity contribution in [1.29, 1.82) is 0 Å². The zero-order valence-corrected chi connectivity index (χ0v) is 16.2. The predicted molar refractivity (Wildman–Crippen MR) is 108 cm³/mol. The molecule has 3 amide bonds. The van der Waals surface area contributed by atoms with Crippen LogP contribution in [0.15, 0.2) is 54.6 Å². The van der Waals surface area contributed by atoms with Crippen molar-refractivity contribution in [2.24, 2.45) is 0 Å². The molecule has 1 heterocycles. The monoisotopic (exact) mass is 401 g/mol. The molecule has 1 aliphatic rings. The Balaban J connectivity index is 1.50. The molecule has 3 N–H and O–H groups in total. The Kier molecular flexibility index (Phi) is 6.30. The van der Waals surface area contributed by atoms with Crippen molar-refractivity contribution in [3.05, 3.63) is 65.7 Å². The van der Waals surface area contributed by atoms with E-state index in [1.807, 2.05) is 30.3 Å². The SMILES string of the molecule is O=C(Nc1cccc(C(=O)NCCc2ccccc2)c1)N[C@@H]1CCS(=O)(=O)C1. The Morgan fingerprint density at radius 1 is 1.04 bits per heavy atom. The third-order valence-corrected chi connectivity index (χ3v) is 6.26. The number of anilines is 1. The molecule has 0 spiro atoms. The van der Waals surface area contributed by atoms with Crippen molar-refractivity contribution in [2.45, 2.75) is 18.9 Å². The van der Waals surface area contributed by atoms with Gasteiger partial charge in [0, 0.05) is 23.8 Å². The summed E-state index contributed by atoms with van der Waals surface area (Å²) in [6, 6.07) is 15.6. The molecule has 0 saturated carbocycles. The number of rotatable bonds is 6. The van der Waals surface area contributed by atoms with Crippen LogP contribution in [0, 0.1) is 0 Å². The van der Waals surface area contributed by atoms with Crippen molar-refractivity contribution < 1.29 is 18.0 Å². The van der Waals surface area contributed by atoms with E-state index in [4.69, 9.17) is 0 Å². The fraction of sp³-hybridized carbons (Fsp3) is 0.300. The molecular formula is C20H23N3O4S. The summed E-state index contributed by atoms with van der Waals surface area (Å²) < 4.78 is 22.9. The predicted octanol–water partition coefficient (Wildman–Crippen LogP) is 1.97. The number of urea groups is 1. The number of sulfone groups is 1. The van der Waals surface area contributed by atoms with Gasteiger partial charge in [-0.3, -0.25) is 4.79 Å². The molecule has 1 fully saturated rings. The highest BCUT2D eigenvalue weighted by Crippen LogP contribution is 2.13. The lowest BCUT2D eigenvalue weighted by atomic mass is 10.1. The molecule has 2 aromatic carbocycles. The first-order chi connectivity index (χ1) is 13.4. The van der Waals surface area contributed by atoms with Crippen molar-refractivity contribution in [2.75, 3.05) is 23.4 Å². The molecule has 0 unspecified atom stereocenters. The van der Waals surface area contributed by atoms with E-state index in [0.717, 1.165) is 12.0 Å². The van der Waals surface area contributed by atoms with Gasteiger partial charge in [-0.25, -0.2) is 13.2 Å². The van der Waals surface area contributed by atoms with Crippen LogP contribution >= 0.6 is 0 Å². The van der Waals surface area contributed by atoms with E-state index < -0.39 is 15.9 Å². The van der Waals surface area contributed by atoms with Crippen LogP contribution in [0.5, 0.6) is 0 Å². The highest BCUT2D eigenvalue weighted by Gasteiger charge is 2.28. The largest absolute Gasteiger partial charge is 0.352 e. The maximum atomic E-state index is 12.3. The fourth-order valence-corrected chi connectivity index (χ4v) is 4.74. The summed E-state index contributed by atoms with van der Waals surface area (Å²) in [6.45, 7) is 0.511. The minimum Gasteiger partial charge on any atom is -0.352 e. The summed E-state index contributed by atoms with van der Waals surface area (Å²) in [5.74, 6) is -0.164. The van der Waals surface area contributed by atoms with E-state index in [0.29, 0.717) is 24.2 Å². The number of carbonyl (C=O) groups is 2. The molecular weight excluding hydrogens is 378 g/mol. The molecule has 1 saturated heterocycles. The number of carbonyl (C=O) groups excluding carboxylic acids is 2. The standard InChI is InChI=1S/C20H23N3O4S/c24-19(21-11-9-15-5-2-1-3-6-15)16-7-4-8-17(13-16)22-20(25)23-18-10-12-28(26,27)14-18/h1-8,13,18H,9-12,14H2,(H,21,24)(H2,22,23,25)/t18-/m1/s1. The molecule has 7 nitrogen and oxygen atoms in total. The minimum atomic E-state index is -3.06. The molecule has 3 rings (SSSR count). The van der Waals surface area contributed by atoms with Gasteiger partial charge in [0.2, 0.25) is 0 Å². The molecule has 0 radical (unpaired) electrons. The highest BCUT2D eigenvalue weighted by molar-refractivity contribution is 7.91. The first-order valence-electron chi connectivity index (χ1n) is 9.11. The lowest BCUT2D eigenvalue weighted by Gasteiger charge is -2.13. The van der Waals surface area contributed by atoms with Crippen molar-refractivity contribution in [1.82, 2.24) is 10.6 Å². The molecule has 0 aliphatic carbocycles. The first-order valence-corrected chi connectivity index (χ1v) is 10.9. The lowest BCUT2D eigenvalue weighted by molar-refractivity contribution is 0.0954. The van der Waals surface area contributed by atoms with E-state index in [9.17, 15) is 18.0 Å². The van der Waals surface area contributed by atoms with Gasteiger partial charge in [0.05, 0.1) is 11.5 Å². The van der Waals surface area contributed by atoms with Crippen LogP contribution in [-0.4, -0.2) is 44.4 Å². The smallest absolute Gasteiger partial charge is 0.319 e. The number of hydrogen-bond donors (Lipinski definition) is 3. The van der Waals surface area contributed by atoms with Gasteiger partial charge in [-0.1, -0.05) is 36.4 Å². The summed E-state index contributed by atoms with van der Waals surface area (Å²) in [4.78, 5) is 24.4. The first kappa shape index (κ1) is 19.9. The van der Waals surface area contributed by atoms with Crippen LogP contribution < -0.4 is 16.0 Å². The topological polar surface area (TPSA) is 104 Å². The Bertz CT molecular complexity index is 945. The third kappa shape index (κ3) is 5.82. The van der Waals surface area contributed by atoms with Crippen LogP contribution in [0.3, 0.4) is 0 Å². The maximum Gasteiger partial charge on any atom is 0.319 e. The second kappa shape index (κ2) is 8.88. The minimum absolute atomic E-state index is 0.0374. The molecule has 0 bridgehead atoms. The van der Waals surface area contributed by atoms with Crippen LogP contribution in [0.1, 0.15) is 22.3 Å². The Morgan fingerprint density at radius 3 is 2.54 bits per heavy atom. The number of amides is 3. The highest BCUT2D eigenvalue weighted by atomic mass is 32.2. The Labute approximate surface area is 164 Å². The molecule has 1 aliphatic heterocycles. The molecule has 8 heteroatoms. The second-order valence-corrected chi connectivity index (χ2v) is 9.00. The summed E-state index contributed by atoms with van der Waals surface area (Å²) in [6.07, 6.45) is 1.15. The van der Waals surface area contributed by atoms with Gasteiger partial charge < -0.3 is 16.0 Å². The van der Waals surface area contributed by atoms with E-state index in [2.05, 4.69) is 16.0 Å². The molecule has 148 valence electrons. The van der Waals surface area contributed by atoms with Gasteiger partial charge in [0.15, 0.2) is 9.84 Å². The van der Waals surface area contributed by atoms with E-state index in [1.54, 1.807) is 24.3 Å². The number of nitrogens with one attached hydrogen (secondary N) is 3. The average Bonchev–Trinajstić information content (AvgIpc) is 3.01. The summed E-state index contributed by atoms with van der Waals surface area (Å²) in [5, 5.41) is 8.16. The lowest BCUT2D eigenvalue weighted by Crippen LogP contribution is -2.38. The van der Waals surface area contributed by atoms with Crippen molar-refractivity contribution in [3.63, 3.8) is 0 Å². The zero-order valence-electron chi connectivity index (χ0n) is 15.4. The van der Waals surface area contributed by atoms with Gasteiger partial charge in [-0.2, -0.15) is 0 Å². The second-order valence-electron chi connectivity index (χ2n) is 6.77. The van der Waals surface area contributed by atoms with Crippen molar-refractivity contribution in [3.8, 4) is 0 Å². The Morgan fingerprint density at radius 2 is 1.82 bits per heavy atom. The van der Waals surface area contributed by atoms with Gasteiger partial charge in [-0.15, -0.1) is 0 Å². The summed E-state index contributed by atoms with van der Waals surface area (Å²) in [7, 11) is -3.06. The fourth-order valence-electron chi connectivity index (χ4n) is 3.07. The van der Waals surface area contributed by atoms with Gasteiger partial charge >= 0.3 is 6.03 Å². The van der Waals surface area contributed by atoms with E-state index in [-0.39, 0.29) is 23.5 Å².